The molecule has 3 rings (SSSR count). The molecule has 0 fully saturated rings. The van der Waals surface area contributed by atoms with Crippen molar-refractivity contribution in [3.8, 4) is 0 Å². The van der Waals surface area contributed by atoms with Crippen LogP contribution in [-0.2, 0) is 26.2 Å². The molecule has 0 aliphatic heterocycles. The molecule has 0 aromatic heterocycles. The lowest BCUT2D eigenvalue weighted by molar-refractivity contribution is -0.139. The van der Waals surface area contributed by atoms with E-state index in [1.165, 1.54) is 24.1 Å². The van der Waals surface area contributed by atoms with E-state index in [2.05, 4.69) is 5.32 Å². The van der Waals surface area contributed by atoms with E-state index in [1.807, 2.05) is 51.1 Å². The Bertz CT molecular complexity index is 1320. The SMILES string of the molecule is CNC(=O)[C@H](C)N(Cc1ccccc1C)C(=O)CN(c1cc(C)cc(C)c1)S(=O)(=O)c1ccccc1. The molecule has 36 heavy (non-hydrogen) atoms. The second-order valence-corrected chi connectivity index (χ2v) is 10.8. The van der Waals surface area contributed by atoms with Crippen molar-refractivity contribution in [3.63, 3.8) is 0 Å². The van der Waals surface area contributed by atoms with Crippen molar-refractivity contribution in [3.05, 3.63) is 95.1 Å². The number of nitrogens with zero attached hydrogens (tertiary/aromatic N) is 2. The number of amides is 2. The smallest absolute Gasteiger partial charge is 0.264 e. The average Bonchev–Trinajstić information content (AvgIpc) is 2.85. The Labute approximate surface area is 213 Å². The maximum atomic E-state index is 13.8. The Balaban J connectivity index is 2.07. The quantitative estimate of drug-likeness (QED) is 0.475. The van der Waals surface area contributed by atoms with Gasteiger partial charge < -0.3 is 10.2 Å². The minimum Gasteiger partial charge on any atom is -0.357 e. The highest BCUT2D eigenvalue weighted by Gasteiger charge is 2.32. The predicted octanol–water partition coefficient (Wildman–Crippen LogP) is 3.97. The van der Waals surface area contributed by atoms with Crippen molar-refractivity contribution < 1.29 is 18.0 Å². The van der Waals surface area contributed by atoms with Gasteiger partial charge in [-0.25, -0.2) is 8.42 Å². The van der Waals surface area contributed by atoms with Crippen molar-refractivity contribution in [1.29, 1.82) is 0 Å². The molecular formula is C28H33N3O4S. The molecule has 2 amide bonds. The number of hydrogen-bond acceptors (Lipinski definition) is 4. The van der Waals surface area contributed by atoms with Gasteiger partial charge in [-0.15, -0.1) is 0 Å². The maximum Gasteiger partial charge on any atom is 0.264 e. The van der Waals surface area contributed by atoms with Gasteiger partial charge in [-0.3, -0.25) is 13.9 Å². The molecule has 0 saturated heterocycles. The lowest BCUT2D eigenvalue weighted by atomic mass is 10.1. The maximum absolute atomic E-state index is 13.8. The van der Waals surface area contributed by atoms with E-state index in [0.29, 0.717) is 5.69 Å². The predicted molar refractivity (Wildman–Crippen MR) is 142 cm³/mol. The number of carbonyl (C=O) groups excluding carboxylic acids is 2. The molecule has 0 saturated carbocycles. The average molecular weight is 508 g/mol. The number of carbonyl (C=O) groups is 2. The molecular weight excluding hydrogens is 474 g/mol. The zero-order valence-electron chi connectivity index (χ0n) is 21.4. The third-order valence-corrected chi connectivity index (χ3v) is 7.91. The number of sulfonamides is 1. The van der Waals surface area contributed by atoms with Crippen LogP contribution >= 0.6 is 0 Å². The molecule has 1 N–H and O–H groups in total. The second-order valence-electron chi connectivity index (χ2n) is 8.91. The van der Waals surface area contributed by atoms with E-state index in [-0.39, 0.29) is 17.3 Å². The van der Waals surface area contributed by atoms with Crippen LogP contribution in [0.5, 0.6) is 0 Å². The van der Waals surface area contributed by atoms with Crippen LogP contribution in [0.1, 0.15) is 29.2 Å². The van der Waals surface area contributed by atoms with Gasteiger partial charge in [0.1, 0.15) is 12.6 Å². The van der Waals surface area contributed by atoms with Crippen LogP contribution in [0.25, 0.3) is 0 Å². The lowest BCUT2D eigenvalue weighted by Crippen LogP contribution is -2.50. The first-order valence-electron chi connectivity index (χ1n) is 11.8. The van der Waals surface area contributed by atoms with E-state index >= 15 is 0 Å². The number of nitrogens with one attached hydrogen (secondary N) is 1. The van der Waals surface area contributed by atoms with Crippen LogP contribution < -0.4 is 9.62 Å². The molecule has 7 nitrogen and oxygen atoms in total. The molecule has 8 heteroatoms. The van der Waals surface area contributed by atoms with Gasteiger partial charge in [0.2, 0.25) is 11.8 Å². The van der Waals surface area contributed by atoms with E-state index in [4.69, 9.17) is 0 Å². The van der Waals surface area contributed by atoms with Crippen molar-refractivity contribution in [2.75, 3.05) is 17.9 Å². The van der Waals surface area contributed by atoms with Crippen molar-refractivity contribution in [2.24, 2.45) is 0 Å². The minimum absolute atomic E-state index is 0.0850. The van der Waals surface area contributed by atoms with Crippen LogP contribution in [-0.4, -0.2) is 44.8 Å². The number of rotatable bonds is 9. The minimum atomic E-state index is -4.06. The fourth-order valence-electron chi connectivity index (χ4n) is 4.11. The third-order valence-electron chi connectivity index (χ3n) is 6.12. The molecule has 3 aromatic rings. The van der Waals surface area contributed by atoms with Gasteiger partial charge in [0.25, 0.3) is 10.0 Å². The first kappa shape index (κ1) is 26.9. The third kappa shape index (κ3) is 6.12. The Morgan fingerprint density at radius 2 is 1.47 bits per heavy atom. The number of benzene rings is 3. The number of anilines is 1. The van der Waals surface area contributed by atoms with Gasteiger partial charge in [-0.1, -0.05) is 48.5 Å². The van der Waals surface area contributed by atoms with Crippen molar-refractivity contribution in [2.45, 2.75) is 45.2 Å². The summed E-state index contributed by atoms with van der Waals surface area (Å²) in [5, 5.41) is 2.59. The van der Waals surface area contributed by atoms with Gasteiger partial charge in [-0.05, 0) is 74.2 Å². The van der Waals surface area contributed by atoms with Crippen molar-refractivity contribution >= 4 is 27.5 Å². The topological polar surface area (TPSA) is 86.8 Å². The van der Waals surface area contributed by atoms with Gasteiger partial charge in [0, 0.05) is 13.6 Å². The monoisotopic (exact) mass is 507 g/mol. The first-order chi connectivity index (χ1) is 17.0. The van der Waals surface area contributed by atoms with Crippen LogP contribution in [0.15, 0.2) is 77.7 Å². The lowest BCUT2D eigenvalue weighted by Gasteiger charge is -2.32. The van der Waals surface area contributed by atoms with E-state index < -0.39 is 28.5 Å². The van der Waals surface area contributed by atoms with E-state index in [0.717, 1.165) is 26.6 Å². The summed E-state index contributed by atoms with van der Waals surface area (Å²) in [7, 11) is -2.55. The molecule has 0 unspecified atom stereocenters. The highest BCUT2D eigenvalue weighted by atomic mass is 32.2. The largest absolute Gasteiger partial charge is 0.357 e. The molecule has 3 aromatic carbocycles. The second kappa shape index (κ2) is 11.4. The first-order valence-corrected chi connectivity index (χ1v) is 13.2. The van der Waals surface area contributed by atoms with Gasteiger partial charge in [0.05, 0.1) is 10.6 Å². The summed E-state index contributed by atoms with van der Waals surface area (Å²) in [4.78, 5) is 27.9. The van der Waals surface area contributed by atoms with E-state index in [1.54, 1.807) is 37.3 Å². The van der Waals surface area contributed by atoms with Crippen LogP contribution in [0, 0.1) is 20.8 Å². The molecule has 0 bridgehead atoms. The fourth-order valence-corrected chi connectivity index (χ4v) is 5.52. The Hall–Kier alpha value is -3.65. The Kier molecular flexibility index (Phi) is 8.53. The molecule has 0 aliphatic carbocycles. The molecule has 1 atom stereocenters. The van der Waals surface area contributed by atoms with Gasteiger partial charge in [-0.2, -0.15) is 0 Å². The van der Waals surface area contributed by atoms with Crippen LogP contribution in [0.2, 0.25) is 0 Å². The molecule has 0 radical (unpaired) electrons. The molecule has 0 spiro atoms. The summed E-state index contributed by atoms with van der Waals surface area (Å²) in [5.74, 6) is -0.811. The summed E-state index contributed by atoms with van der Waals surface area (Å²) >= 11 is 0. The van der Waals surface area contributed by atoms with Crippen LogP contribution in [0.3, 0.4) is 0 Å². The standard InChI is InChI=1S/C28H33N3O4S/c1-20-15-21(2)17-25(16-20)31(36(34,35)26-13-7-6-8-14-26)19-27(32)30(23(4)28(33)29-5)18-24-12-10-9-11-22(24)3/h6-17,23H,18-19H2,1-5H3,(H,29,33)/t23-/m0/s1. The highest BCUT2D eigenvalue weighted by molar-refractivity contribution is 7.92. The number of likely N-dealkylation sites (N-methyl/N-ethyl adjacent to an activating group) is 1. The molecule has 0 heterocycles. The van der Waals surface area contributed by atoms with Gasteiger partial charge >= 0.3 is 0 Å². The van der Waals surface area contributed by atoms with E-state index in [9.17, 15) is 18.0 Å². The Morgan fingerprint density at radius 1 is 0.889 bits per heavy atom. The summed E-state index contributed by atoms with van der Waals surface area (Å²) < 4.78 is 28.7. The van der Waals surface area contributed by atoms with Gasteiger partial charge in [0.15, 0.2) is 0 Å². The molecule has 0 aliphatic rings. The normalized spacial score (nSPS) is 12.0. The molecule has 190 valence electrons. The number of hydrogen-bond donors (Lipinski definition) is 1. The van der Waals surface area contributed by atoms with Crippen LogP contribution in [0.4, 0.5) is 5.69 Å². The Morgan fingerprint density at radius 3 is 2.06 bits per heavy atom. The van der Waals surface area contributed by atoms with Crippen molar-refractivity contribution in [1.82, 2.24) is 10.2 Å². The number of aryl methyl sites for hydroxylation is 3. The zero-order valence-corrected chi connectivity index (χ0v) is 22.2. The summed E-state index contributed by atoms with van der Waals surface area (Å²) in [6.45, 7) is 7.05. The highest BCUT2D eigenvalue weighted by Crippen LogP contribution is 2.26. The summed E-state index contributed by atoms with van der Waals surface area (Å²) in [5.41, 5.74) is 4.00. The zero-order chi connectivity index (χ0) is 26.5. The summed E-state index contributed by atoms with van der Waals surface area (Å²) in [6.07, 6.45) is 0. The fraction of sp³-hybridized carbons (Fsp3) is 0.286. The summed E-state index contributed by atoms with van der Waals surface area (Å²) in [6, 6.07) is 20.3.